The largest absolute Gasteiger partial charge is 0.497 e. The first kappa shape index (κ1) is 19.3. The smallest absolute Gasteiger partial charge is 0.241 e. The van der Waals surface area contributed by atoms with Crippen LogP contribution < -0.4 is 10.1 Å². The van der Waals surface area contributed by atoms with Gasteiger partial charge in [-0.15, -0.1) is 0 Å². The lowest BCUT2D eigenvalue weighted by atomic mass is 10.2. The van der Waals surface area contributed by atoms with Crippen molar-refractivity contribution in [3.63, 3.8) is 0 Å². The van der Waals surface area contributed by atoms with Crippen LogP contribution in [0.25, 0.3) is 11.4 Å². The highest BCUT2D eigenvalue weighted by Gasteiger charge is 2.21. The molecular formula is C19H27N5O3. The van der Waals surface area contributed by atoms with Gasteiger partial charge in [-0.05, 0) is 18.6 Å². The van der Waals surface area contributed by atoms with E-state index in [4.69, 9.17) is 9.26 Å². The van der Waals surface area contributed by atoms with E-state index >= 15 is 0 Å². The molecule has 0 atom stereocenters. The number of piperazine rings is 1. The van der Waals surface area contributed by atoms with Crippen LogP contribution in [0.3, 0.4) is 0 Å². The summed E-state index contributed by atoms with van der Waals surface area (Å²) in [5.74, 6) is 2.03. The third-order valence-corrected chi connectivity index (χ3v) is 4.56. The summed E-state index contributed by atoms with van der Waals surface area (Å²) in [5.41, 5.74) is 0.868. The van der Waals surface area contributed by atoms with Crippen molar-refractivity contribution in [3.05, 3.63) is 30.2 Å². The van der Waals surface area contributed by atoms with Crippen LogP contribution in [0.5, 0.6) is 5.75 Å². The molecule has 1 N–H and O–H groups in total. The van der Waals surface area contributed by atoms with Gasteiger partial charge in [0.15, 0.2) is 0 Å². The highest BCUT2D eigenvalue weighted by molar-refractivity contribution is 5.77. The molecule has 3 rings (SSSR count). The fraction of sp³-hybridized carbons (Fsp3) is 0.526. The van der Waals surface area contributed by atoms with Crippen LogP contribution >= 0.6 is 0 Å². The molecule has 27 heavy (non-hydrogen) atoms. The number of rotatable bonds is 8. The Balaban J connectivity index is 1.48. The number of aromatic nitrogens is 2. The summed E-state index contributed by atoms with van der Waals surface area (Å²) in [5, 5.41) is 7.00. The molecule has 2 heterocycles. The van der Waals surface area contributed by atoms with Crippen molar-refractivity contribution in [1.82, 2.24) is 25.3 Å². The first-order valence-electron chi connectivity index (χ1n) is 9.36. The normalized spacial score (nSPS) is 15.6. The lowest BCUT2D eigenvalue weighted by Gasteiger charge is -2.33. The van der Waals surface area contributed by atoms with E-state index in [2.05, 4.69) is 32.2 Å². The molecule has 0 unspecified atom stereocenters. The number of nitrogens with one attached hydrogen (secondary N) is 1. The topological polar surface area (TPSA) is 83.7 Å². The van der Waals surface area contributed by atoms with E-state index < -0.39 is 0 Å². The third-order valence-electron chi connectivity index (χ3n) is 4.56. The highest BCUT2D eigenvalue weighted by Crippen LogP contribution is 2.21. The second kappa shape index (κ2) is 9.48. The average Bonchev–Trinajstić information content (AvgIpc) is 3.16. The van der Waals surface area contributed by atoms with E-state index in [0.717, 1.165) is 50.5 Å². The van der Waals surface area contributed by atoms with Gasteiger partial charge in [0, 0.05) is 38.3 Å². The molecule has 1 aromatic heterocycles. The number of methoxy groups -OCH3 is 1. The molecule has 146 valence electrons. The third kappa shape index (κ3) is 5.51. The monoisotopic (exact) mass is 373 g/mol. The van der Waals surface area contributed by atoms with Gasteiger partial charge in [-0.1, -0.05) is 24.2 Å². The number of hydrogen-bond acceptors (Lipinski definition) is 7. The van der Waals surface area contributed by atoms with Gasteiger partial charge >= 0.3 is 0 Å². The van der Waals surface area contributed by atoms with Crippen LogP contribution in [0.4, 0.5) is 0 Å². The van der Waals surface area contributed by atoms with Gasteiger partial charge in [0.25, 0.3) is 0 Å². The lowest BCUT2D eigenvalue weighted by Crippen LogP contribution is -2.49. The summed E-state index contributed by atoms with van der Waals surface area (Å²) in [6.07, 6.45) is 0.960. The van der Waals surface area contributed by atoms with E-state index in [1.54, 1.807) is 7.11 Å². The van der Waals surface area contributed by atoms with Gasteiger partial charge in [0.1, 0.15) is 5.75 Å². The van der Waals surface area contributed by atoms with Crippen molar-refractivity contribution >= 4 is 5.91 Å². The van der Waals surface area contributed by atoms with Crippen molar-refractivity contribution in [1.29, 1.82) is 0 Å². The Morgan fingerprint density at radius 2 is 2.04 bits per heavy atom. The number of nitrogens with zero attached hydrogens (tertiary/aromatic N) is 4. The maximum absolute atomic E-state index is 11.8. The molecule has 0 spiro atoms. The molecule has 8 nitrogen and oxygen atoms in total. The van der Waals surface area contributed by atoms with Gasteiger partial charge in [-0.25, -0.2) is 0 Å². The number of amides is 1. The predicted molar refractivity (Wildman–Crippen MR) is 101 cm³/mol. The van der Waals surface area contributed by atoms with Crippen LogP contribution in [0.1, 0.15) is 19.2 Å². The molecular weight excluding hydrogens is 346 g/mol. The summed E-state index contributed by atoms with van der Waals surface area (Å²) in [6.45, 7) is 7.34. The summed E-state index contributed by atoms with van der Waals surface area (Å²) < 4.78 is 10.6. The van der Waals surface area contributed by atoms with Gasteiger partial charge in [-0.3, -0.25) is 14.6 Å². The molecule has 1 aliphatic heterocycles. The van der Waals surface area contributed by atoms with E-state index in [1.165, 1.54) is 0 Å². The highest BCUT2D eigenvalue weighted by atomic mass is 16.5. The summed E-state index contributed by atoms with van der Waals surface area (Å²) in [7, 11) is 1.63. The fourth-order valence-corrected chi connectivity index (χ4v) is 3.02. The van der Waals surface area contributed by atoms with Crippen LogP contribution in [0.15, 0.2) is 28.8 Å². The maximum Gasteiger partial charge on any atom is 0.241 e. The minimum Gasteiger partial charge on any atom is -0.497 e. The minimum atomic E-state index is 0.102. The van der Waals surface area contributed by atoms with Crippen molar-refractivity contribution in [2.45, 2.75) is 19.9 Å². The molecule has 8 heteroatoms. The van der Waals surface area contributed by atoms with Gasteiger partial charge in [0.2, 0.25) is 17.6 Å². The zero-order valence-electron chi connectivity index (χ0n) is 16.0. The van der Waals surface area contributed by atoms with Gasteiger partial charge in [-0.2, -0.15) is 4.98 Å². The minimum absolute atomic E-state index is 0.102. The van der Waals surface area contributed by atoms with Crippen molar-refractivity contribution in [2.75, 3.05) is 46.4 Å². The molecule has 0 aliphatic carbocycles. The Kier molecular flexibility index (Phi) is 6.78. The Morgan fingerprint density at radius 1 is 1.26 bits per heavy atom. The molecule has 2 aromatic rings. The van der Waals surface area contributed by atoms with Crippen LogP contribution in [-0.4, -0.2) is 72.2 Å². The molecule has 1 aromatic carbocycles. The SMILES string of the molecule is CCCNC(=O)CN1CCN(Cc2nc(-c3cccc(OC)c3)no2)CC1. The standard InChI is InChI=1S/C19H27N5O3/c1-3-7-20-17(25)13-23-8-10-24(11-9-23)14-18-21-19(22-27-18)15-5-4-6-16(12-15)26-2/h4-6,12H,3,7-11,13-14H2,1-2H3,(H,20,25). The average molecular weight is 373 g/mol. The van der Waals surface area contributed by atoms with Gasteiger partial charge < -0.3 is 14.6 Å². The second-order valence-electron chi connectivity index (χ2n) is 6.65. The van der Waals surface area contributed by atoms with Crippen molar-refractivity contribution in [2.24, 2.45) is 0 Å². The lowest BCUT2D eigenvalue weighted by molar-refractivity contribution is -0.122. The maximum atomic E-state index is 11.8. The fourth-order valence-electron chi connectivity index (χ4n) is 3.02. The van der Waals surface area contributed by atoms with Crippen molar-refractivity contribution in [3.8, 4) is 17.1 Å². The molecule has 0 saturated carbocycles. The van der Waals surface area contributed by atoms with Gasteiger partial charge in [0.05, 0.1) is 20.2 Å². The number of hydrogen-bond donors (Lipinski definition) is 1. The molecule has 1 saturated heterocycles. The molecule has 1 amide bonds. The molecule has 0 bridgehead atoms. The molecule has 1 aliphatic rings. The Labute approximate surface area is 159 Å². The predicted octanol–water partition coefficient (Wildman–Crippen LogP) is 1.39. The van der Waals surface area contributed by atoms with E-state index in [1.807, 2.05) is 24.3 Å². The summed E-state index contributed by atoms with van der Waals surface area (Å²) in [6, 6.07) is 7.60. The quantitative estimate of drug-likeness (QED) is 0.748. The zero-order valence-corrected chi connectivity index (χ0v) is 16.0. The number of carbonyl (C=O) groups is 1. The second-order valence-corrected chi connectivity index (χ2v) is 6.65. The first-order chi connectivity index (χ1) is 13.2. The Bertz CT molecular complexity index is 740. The van der Waals surface area contributed by atoms with E-state index in [-0.39, 0.29) is 5.91 Å². The first-order valence-corrected chi connectivity index (χ1v) is 9.36. The van der Waals surface area contributed by atoms with Crippen LogP contribution in [-0.2, 0) is 11.3 Å². The zero-order chi connectivity index (χ0) is 19.1. The molecule has 1 fully saturated rings. The number of carbonyl (C=O) groups excluding carboxylic acids is 1. The molecule has 0 radical (unpaired) electrons. The van der Waals surface area contributed by atoms with E-state index in [9.17, 15) is 4.79 Å². The van der Waals surface area contributed by atoms with Crippen molar-refractivity contribution < 1.29 is 14.1 Å². The summed E-state index contributed by atoms with van der Waals surface area (Å²) in [4.78, 5) is 20.8. The number of ether oxygens (including phenoxy) is 1. The number of benzene rings is 1. The Hall–Kier alpha value is -2.45. The Morgan fingerprint density at radius 3 is 2.78 bits per heavy atom. The summed E-state index contributed by atoms with van der Waals surface area (Å²) >= 11 is 0. The van der Waals surface area contributed by atoms with Crippen LogP contribution in [0, 0.1) is 0 Å². The van der Waals surface area contributed by atoms with E-state index in [0.29, 0.717) is 24.8 Å². The van der Waals surface area contributed by atoms with Crippen LogP contribution in [0.2, 0.25) is 0 Å².